The molecular formula is C18H28F2IN5O. The van der Waals surface area contributed by atoms with Gasteiger partial charge in [0.05, 0.1) is 18.4 Å². The van der Waals surface area contributed by atoms with E-state index in [1.54, 1.807) is 7.05 Å². The predicted molar refractivity (Wildman–Crippen MR) is 114 cm³/mol. The summed E-state index contributed by atoms with van der Waals surface area (Å²) in [4.78, 5) is 10.6. The Morgan fingerprint density at radius 2 is 1.96 bits per heavy atom. The van der Waals surface area contributed by atoms with Crippen LogP contribution in [0.15, 0.2) is 23.2 Å². The van der Waals surface area contributed by atoms with E-state index < -0.39 is 5.82 Å². The third kappa shape index (κ3) is 5.89. The van der Waals surface area contributed by atoms with Crippen molar-refractivity contribution in [3.05, 3.63) is 29.8 Å². The molecule has 9 heteroatoms. The van der Waals surface area contributed by atoms with Crippen molar-refractivity contribution in [3.8, 4) is 0 Å². The van der Waals surface area contributed by atoms with Gasteiger partial charge in [0.1, 0.15) is 11.6 Å². The number of nitrogens with one attached hydrogen (secondary N) is 1. The Morgan fingerprint density at radius 3 is 2.63 bits per heavy atom. The summed E-state index contributed by atoms with van der Waals surface area (Å²) in [5, 5.41) is 3.38. The fourth-order valence-electron chi connectivity index (χ4n) is 3.42. The van der Waals surface area contributed by atoms with Gasteiger partial charge >= 0.3 is 0 Å². The molecule has 0 bridgehead atoms. The molecule has 2 aliphatic rings. The Bertz CT molecular complexity index is 640. The van der Waals surface area contributed by atoms with Crippen molar-refractivity contribution >= 4 is 35.6 Å². The van der Waals surface area contributed by atoms with Gasteiger partial charge in [-0.25, -0.2) is 8.78 Å². The van der Waals surface area contributed by atoms with Crippen LogP contribution in [0.3, 0.4) is 0 Å². The van der Waals surface area contributed by atoms with Gasteiger partial charge in [-0.2, -0.15) is 0 Å². The summed E-state index contributed by atoms with van der Waals surface area (Å²) >= 11 is 0. The molecule has 0 saturated carbocycles. The number of nitrogens with zero attached hydrogens (tertiary/aromatic N) is 4. The molecule has 2 aliphatic heterocycles. The SMILES string of the molecule is CN=C(NCC1CN(C)CCO1)N1CCN(c2cc(F)ccc2F)CC1.I. The number of ether oxygens (including phenoxy) is 1. The fraction of sp³-hybridized carbons (Fsp3) is 0.611. The van der Waals surface area contributed by atoms with Gasteiger partial charge in [-0.3, -0.25) is 4.99 Å². The lowest BCUT2D eigenvalue weighted by Crippen LogP contribution is -2.54. The van der Waals surface area contributed by atoms with Gasteiger partial charge in [-0.1, -0.05) is 0 Å². The zero-order valence-corrected chi connectivity index (χ0v) is 18.2. The second-order valence-corrected chi connectivity index (χ2v) is 6.75. The average Bonchev–Trinajstić information content (AvgIpc) is 2.65. The molecule has 6 nitrogen and oxygen atoms in total. The smallest absolute Gasteiger partial charge is 0.193 e. The fourth-order valence-corrected chi connectivity index (χ4v) is 3.42. The van der Waals surface area contributed by atoms with Crippen LogP contribution >= 0.6 is 24.0 Å². The normalized spacial score (nSPS) is 21.8. The summed E-state index contributed by atoms with van der Waals surface area (Å²) in [6.07, 6.45) is 0.146. The van der Waals surface area contributed by atoms with E-state index in [-0.39, 0.29) is 35.9 Å². The van der Waals surface area contributed by atoms with Crippen LogP contribution in [-0.4, -0.2) is 88.4 Å². The van der Waals surface area contributed by atoms with E-state index in [1.165, 1.54) is 12.1 Å². The van der Waals surface area contributed by atoms with E-state index in [9.17, 15) is 8.78 Å². The summed E-state index contributed by atoms with van der Waals surface area (Å²) < 4.78 is 33.1. The van der Waals surface area contributed by atoms with Gasteiger partial charge in [0, 0.05) is 58.9 Å². The number of rotatable bonds is 3. The first-order valence-corrected chi connectivity index (χ1v) is 9.02. The van der Waals surface area contributed by atoms with Crippen molar-refractivity contribution in [2.45, 2.75) is 6.10 Å². The van der Waals surface area contributed by atoms with Crippen molar-refractivity contribution < 1.29 is 13.5 Å². The minimum absolute atomic E-state index is 0. The lowest BCUT2D eigenvalue weighted by Gasteiger charge is -2.38. The van der Waals surface area contributed by atoms with Crippen LogP contribution < -0.4 is 10.2 Å². The minimum Gasteiger partial charge on any atom is -0.374 e. The second kappa shape index (κ2) is 10.4. The standard InChI is InChI=1S/C18H27F2N5O.HI/c1-21-18(22-12-15-13-23(2)9-10-26-15)25-7-5-24(6-8-25)17-11-14(19)3-4-16(17)20;/h3-4,11,15H,5-10,12-13H2,1-2H3,(H,21,22);1H. The molecular weight excluding hydrogens is 467 g/mol. The summed E-state index contributed by atoms with van der Waals surface area (Å²) in [7, 11) is 3.85. The quantitative estimate of drug-likeness (QED) is 0.393. The molecule has 2 saturated heterocycles. The maximum atomic E-state index is 14.0. The van der Waals surface area contributed by atoms with Crippen LogP contribution in [0.5, 0.6) is 0 Å². The van der Waals surface area contributed by atoms with Gasteiger partial charge in [-0.05, 0) is 19.2 Å². The highest BCUT2D eigenvalue weighted by Crippen LogP contribution is 2.21. The number of hydrogen-bond acceptors (Lipinski definition) is 4. The number of morpholine rings is 1. The average molecular weight is 495 g/mol. The molecule has 0 spiro atoms. The topological polar surface area (TPSA) is 43.3 Å². The lowest BCUT2D eigenvalue weighted by atomic mass is 10.2. The Hall–Kier alpha value is -1.20. The molecule has 1 aromatic rings. The molecule has 0 aliphatic carbocycles. The van der Waals surface area contributed by atoms with E-state index in [0.29, 0.717) is 38.4 Å². The van der Waals surface area contributed by atoms with Gasteiger partial charge < -0.3 is 24.8 Å². The molecule has 152 valence electrons. The van der Waals surface area contributed by atoms with E-state index >= 15 is 0 Å². The van der Waals surface area contributed by atoms with Crippen LogP contribution in [0.2, 0.25) is 0 Å². The van der Waals surface area contributed by atoms with Crippen molar-refractivity contribution in [1.29, 1.82) is 0 Å². The summed E-state index contributed by atoms with van der Waals surface area (Å²) in [6.45, 7) is 5.94. The van der Waals surface area contributed by atoms with E-state index in [1.807, 2.05) is 4.90 Å². The number of benzene rings is 1. The Labute approximate surface area is 176 Å². The van der Waals surface area contributed by atoms with Gasteiger partial charge in [0.2, 0.25) is 0 Å². The highest BCUT2D eigenvalue weighted by Gasteiger charge is 2.23. The molecule has 0 amide bonds. The monoisotopic (exact) mass is 495 g/mol. The van der Waals surface area contributed by atoms with Gasteiger partial charge in [-0.15, -0.1) is 24.0 Å². The van der Waals surface area contributed by atoms with Crippen molar-refractivity contribution in [1.82, 2.24) is 15.1 Å². The van der Waals surface area contributed by atoms with Crippen LogP contribution in [0, 0.1) is 11.6 Å². The number of aliphatic imine (C=N–C) groups is 1. The number of hydrogen-bond donors (Lipinski definition) is 1. The van der Waals surface area contributed by atoms with Crippen molar-refractivity contribution in [2.24, 2.45) is 4.99 Å². The van der Waals surface area contributed by atoms with Gasteiger partial charge in [0.15, 0.2) is 5.96 Å². The second-order valence-electron chi connectivity index (χ2n) is 6.75. The highest BCUT2D eigenvalue weighted by atomic mass is 127. The van der Waals surface area contributed by atoms with Crippen LogP contribution in [-0.2, 0) is 4.74 Å². The summed E-state index contributed by atoms with van der Waals surface area (Å²) in [5.41, 5.74) is 0.325. The summed E-state index contributed by atoms with van der Waals surface area (Å²) in [6, 6.07) is 3.58. The first-order chi connectivity index (χ1) is 12.6. The van der Waals surface area contributed by atoms with Crippen molar-refractivity contribution in [2.75, 3.05) is 71.4 Å². The molecule has 27 heavy (non-hydrogen) atoms. The number of piperazine rings is 1. The Morgan fingerprint density at radius 1 is 1.22 bits per heavy atom. The maximum absolute atomic E-state index is 14.0. The van der Waals surface area contributed by atoms with E-state index in [0.717, 1.165) is 31.7 Å². The number of anilines is 1. The Balaban J connectivity index is 0.00000261. The molecule has 1 aromatic carbocycles. The molecule has 1 unspecified atom stereocenters. The van der Waals surface area contributed by atoms with Crippen LogP contribution in [0.25, 0.3) is 0 Å². The molecule has 3 rings (SSSR count). The highest BCUT2D eigenvalue weighted by molar-refractivity contribution is 14.0. The first kappa shape index (κ1) is 22.1. The zero-order chi connectivity index (χ0) is 18.5. The van der Waals surface area contributed by atoms with Crippen LogP contribution in [0.4, 0.5) is 14.5 Å². The molecule has 2 fully saturated rings. The molecule has 0 aromatic heterocycles. The van der Waals surface area contributed by atoms with E-state index in [4.69, 9.17) is 4.74 Å². The van der Waals surface area contributed by atoms with Crippen molar-refractivity contribution in [3.63, 3.8) is 0 Å². The predicted octanol–water partition coefficient (Wildman–Crippen LogP) is 1.61. The lowest BCUT2D eigenvalue weighted by molar-refractivity contribution is -0.0163. The number of guanidine groups is 1. The first-order valence-electron chi connectivity index (χ1n) is 9.02. The maximum Gasteiger partial charge on any atom is 0.193 e. The molecule has 2 heterocycles. The molecule has 1 atom stereocenters. The van der Waals surface area contributed by atoms with E-state index in [2.05, 4.69) is 27.2 Å². The molecule has 1 N–H and O–H groups in total. The molecule has 0 radical (unpaired) electrons. The Kier molecular flexibility index (Phi) is 8.49. The summed E-state index contributed by atoms with van der Waals surface area (Å²) in [5.74, 6) is 0.0147. The van der Waals surface area contributed by atoms with Crippen LogP contribution in [0.1, 0.15) is 0 Å². The third-order valence-electron chi connectivity index (χ3n) is 4.87. The largest absolute Gasteiger partial charge is 0.374 e. The minimum atomic E-state index is -0.418. The number of halogens is 3. The van der Waals surface area contributed by atoms with Gasteiger partial charge in [0.25, 0.3) is 0 Å². The zero-order valence-electron chi connectivity index (χ0n) is 15.8. The third-order valence-corrected chi connectivity index (χ3v) is 4.87. The number of likely N-dealkylation sites (N-methyl/N-ethyl adjacent to an activating group) is 1.